The Bertz CT molecular complexity index is 580. The van der Waals surface area contributed by atoms with E-state index in [-0.39, 0.29) is 6.10 Å². The van der Waals surface area contributed by atoms with E-state index in [4.69, 9.17) is 19.9 Å². The first-order chi connectivity index (χ1) is 10.8. The van der Waals surface area contributed by atoms with Crippen LogP contribution in [-0.2, 0) is 4.74 Å². The van der Waals surface area contributed by atoms with E-state index in [0.717, 1.165) is 31.1 Å². The molecule has 0 aliphatic carbocycles. The van der Waals surface area contributed by atoms with E-state index in [9.17, 15) is 0 Å². The third-order valence-electron chi connectivity index (χ3n) is 3.74. The summed E-state index contributed by atoms with van der Waals surface area (Å²) >= 11 is 0. The highest BCUT2D eigenvalue weighted by molar-refractivity contribution is 5.53. The van der Waals surface area contributed by atoms with Gasteiger partial charge in [-0.1, -0.05) is 12.2 Å². The second kappa shape index (κ2) is 6.81. The average molecular weight is 303 g/mol. The minimum atomic E-state index is 0.0300. The normalized spacial score (nSPS) is 20.9. The summed E-state index contributed by atoms with van der Waals surface area (Å²) in [6, 6.07) is 3.79. The van der Waals surface area contributed by atoms with Crippen molar-refractivity contribution in [3.63, 3.8) is 0 Å². The molecule has 3 heterocycles. The number of nitrogens with zero attached hydrogens (tertiary/aromatic N) is 2. The number of pyridine rings is 1. The van der Waals surface area contributed by atoms with Crippen LogP contribution in [0.25, 0.3) is 0 Å². The van der Waals surface area contributed by atoms with Crippen molar-refractivity contribution in [2.24, 2.45) is 5.73 Å². The van der Waals surface area contributed by atoms with Crippen LogP contribution in [0.1, 0.15) is 6.42 Å². The molecule has 0 aromatic carbocycles. The molecule has 0 amide bonds. The summed E-state index contributed by atoms with van der Waals surface area (Å²) in [6.45, 7) is 2.53. The Kier molecular flexibility index (Phi) is 4.60. The monoisotopic (exact) mass is 303 g/mol. The van der Waals surface area contributed by atoms with E-state index in [2.05, 4.69) is 16.0 Å². The molecular formula is C16H21N3O3. The Labute approximate surface area is 130 Å². The number of hydrogen-bond acceptors (Lipinski definition) is 6. The quantitative estimate of drug-likeness (QED) is 0.888. The van der Waals surface area contributed by atoms with Crippen LogP contribution in [0.3, 0.4) is 0 Å². The van der Waals surface area contributed by atoms with Gasteiger partial charge in [0.1, 0.15) is 11.9 Å². The van der Waals surface area contributed by atoms with Crippen LogP contribution in [0.15, 0.2) is 36.1 Å². The predicted molar refractivity (Wildman–Crippen MR) is 84.3 cm³/mol. The van der Waals surface area contributed by atoms with Crippen molar-refractivity contribution in [1.82, 2.24) is 4.98 Å². The highest BCUT2D eigenvalue weighted by Gasteiger charge is 2.22. The largest absolute Gasteiger partial charge is 0.491 e. The van der Waals surface area contributed by atoms with Gasteiger partial charge in [0.05, 0.1) is 20.3 Å². The van der Waals surface area contributed by atoms with Gasteiger partial charge in [-0.05, 0) is 18.2 Å². The molecule has 2 aliphatic heterocycles. The summed E-state index contributed by atoms with van der Waals surface area (Å²) in [4.78, 5) is 6.69. The summed E-state index contributed by atoms with van der Waals surface area (Å²) in [7, 11) is 1.61. The molecule has 1 atom stereocenters. The smallest absolute Gasteiger partial charge is 0.259 e. The lowest BCUT2D eigenvalue weighted by molar-refractivity contribution is 0.135. The zero-order chi connectivity index (χ0) is 15.4. The standard InChI is InChI=1S/C16H21N3O3/c1-20-14-5-6-15(19-8-3-2-4-12(19)10-17)18-16(14)22-13-7-9-21-11-13/h2-6,13H,7-11,17H2,1H3. The number of allylic oxidation sites excluding steroid dienone is 2. The molecule has 0 saturated carbocycles. The van der Waals surface area contributed by atoms with Crippen molar-refractivity contribution in [3.8, 4) is 11.6 Å². The van der Waals surface area contributed by atoms with Gasteiger partial charge in [-0.25, -0.2) is 0 Å². The number of aromatic nitrogens is 1. The second-order valence-electron chi connectivity index (χ2n) is 5.18. The minimum absolute atomic E-state index is 0.0300. The lowest BCUT2D eigenvalue weighted by atomic mass is 10.2. The molecule has 6 nitrogen and oxygen atoms in total. The first kappa shape index (κ1) is 14.9. The zero-order valence-electron chi connectivity index (χ0n) is 12.7. The maximum atomic E-state index is 5.94. The molecule has 3 rings (SSSR count). The second-order valence-corrected chi connectivity index (χ2v) is 5.18. The van der Waals surface area contributed by atoms with E-state index in [1.54, 1.807) is 7.11 Å². The maximum Gasteiger partial charge on any atom is 0.259 e. The maximum absolute atomic E-state index is 5.94. The summed E-state index contributed by atoms with van der Waals surface area (Å²) in [5.74, 6) is 1.93. The van der Waals surface area contributed by atoms with E-state index >= 15 is 0 Å². The van der Waals surface area contributed by atoms with Crippen LogP contribution in [0, 0.1) is 0 Å². The van der Waals surface area contributed by atoms with Gasteiger partial charge in [0.15, 0.2) is 5.75 Å². The number of methoxy groups -OCH3 is 1. The van der Waals surface area contributed by atoms with Gasteiger partial charge in [0.25, 0.3) is 5.88 Å². The third kappa shape index (κ3) is 3.08. The molecule has 1 unspecified atom stereocenters. The van der Waals surface area contributed by atoms with Gasteiger partial charge in [-0.3, -0.25) is 0 Å². The molecule has 1 saturated heterocycles. The highest BCUT2D eigenvalue weighted by Crippen LogP contribution is 2.31. The summed E-state index contributed by atoms with van der Waals surface area (Å²) in [5, 5.41) is 0. The Morgan fingerprint density at radius 1 is 1.45 bits per heavy atom. The number of nitrogens with two attached hydrogens (primary N) is 1. The summed E-state index contributed by atoms with van der Waals surface area (Å²) < 4.78 is 16.6. The Balaban J connectivity index is 1.86. The van der Waals surface area contributed by atoms with Crippen LogP contribution in [0.5, 0.6) is 11.6 Å². The number of rotatable bonds is 5. The molecule has 1 aromatic heterocycles. The van der Waals surface area contributed by atoms with Gasteiger partial charge in [0, 0.05) is 25.2 Å². The first-order valence-corrected chi connectivity index (χ1v) is 7.44. The van der Waals surface area contributed by atoms with E-state index in [1.807, 2.05) is 24.3 Å². The van der Waals surface area contributed by atoms with Gasteiger partial charge >= 0.3 is 0 Å². The van der Waals surface area contributed by atoms with Gasteiger partial charge in [-0.15, -0.1) is 0 Å². The lowest BCUT2D eigenvalue weighted by Crippen LogP contribution is -2.30. The SMILES string of the molecule is COc1ccc(N2CC=CC=C2CN)nc1OC1CCOC1. The van der Waals surface area contributed by atoms with Gasteiger partial charge in [-0.2, -0.15) is 4.98 Å². The van der Waals surface area contributed by atoms with Crippen molar-refractivity contribution < 1.29 is 14.2 Å². The Morgan fingerprint density at radius 3 is 3.09 bits per heavy atom. The van der Waals surface area contributed by atoms with Crippen LogP contribution in [0.2, 0.25) is 0 Å². The van der Waals surface area contributed by atoms with Crippen molar-refractivity contribution in [2.75, 3.05) is 38.3 Å². The van der Waals surface area contributed by atoms with E-state index in [1.165, 1.54) is 0 Å². The van der Waals surface area contributed by atoms with Crippen molar-refractivity contribution in [1.29, 1.82) is 0 Å². The minimum Gasteiger partial charge on any atom is -0.491 e. The molecule has 22 heavy (non-hydrogen) atoms. The molecule has 0 spiro atoms. The predicted octanol–water partition coefficient (Wildman–Crippen LogP) is 1.48. The Morgan fingerprint density at radius 2 is 2.36 bits per heavy atom. The fourth-order valence-electron chi connectivity index (χ4n) is 2.54. The third-order valence-corrected chi connectivity index (χ3v) is 3.74. The Hall–Kier alpha value is -2.05. The number of ether oxygens (including phenoxy) is 3. The first-order valence-electron chi connectivity index (χ1n) is 7.44. The number of anilines is 1. The summed E-state index contributed by atoms with van der Waals surface area (Å²) in [6.07, 6.45) is 6.98. The molecule has 1 aromatic rings. The molecule has 1 fully saturated rings. The van der Waals surface area contributed by atoms with E-state index < -0.39 is 0 Å². The molecule has 0 radical (unpaired) electrons. The molecule has 6 heteroatoms. The van der Waals surface area contributed by atoms with Gasteiger partial charge in [0.2, 0.25) is 0 Å². The van der Waals surface area contributed by atoms with Crippen molar-refractivity contribution >= 4 is 5.82 Å². The number of hydrogen-bond donors (Lipinski definition) is 1. The van der Waals surface area contributed by atoms with Gasteiger partial charge < -0.3 is 24.8 Å². The van der Waals surface area contributed by atoms with E-state index in [0.29, 0.717) is 24.8 Å². The topological polar surface area (TPSA) is 69.8 Å². The van der Waals surface area contributed by atoms with Crippen LogP contribution in [0.4, 0.5) is 5.82 Å². The fourth-order valence-corrected chi connectivity index (χ4v) is 2.54. The molecule has 118 valence electrons. The van der Waals surface area contributed by atoms with Crippen molar-refractivity contribution in [2.45, 2.75) is 12.5 Å². The van der Waals surface area contributed by atoms with Crippen LogP contribution < -0.4 is 20.1 Å². The highest BCUT2D eigenvalue weighted by atomic mass is 16.6. The van der Waals surface area contributed by atoms with Crippen LogP contribution >= 0.6 is 0 Å². The molecule has 0 bridgehead atoms. The molecular weight excluding hydrogens is 282 g/mol. The lowest BCUT2D eigenvalue weighted by Gasteiger charge is -2.27. The molecule has 2 N–H and O–H groups in total. The average Bonchev–Trinajstić information content (AvgIpc) is 3.08. The fraction of sp³-hybridized carbons (Fsp3) is 0.438. The van der Waals surface area contributed by atoms with Crippen molar-refractivity contribution in [3.05, 3.63) is 36.1 Å². The summed E-state index contributed by atoms with van der Waals surface area (Å²) in [5.41, 5.74) is 6.84. The van der Waals surface area contributed by atoms with Crippen LogP contribution in [-0.4, -0.2) is 44.5 Å². The zero-order valence-corrected chi connectivity index (χ0v) is 12.7. The molecule has 2 aliphatic rings.